The van der Waals surface area contributed by atoms with Gasteiger partial charge in [-0.05, 0) is 81.9 Å². The summed E-state index contributed by atoms with van der Waals surface area (Å²) in [4.78, 5) is 9.25. The van der Waals surface area contributed by atoms with E-state index < -0.39 is 6.04 Å². The van der Waals surface area contributed by atoms with Crippen molar-refractivity contribution in [2.45, 2.75) is 0 Å². The van der Waals surface area contributed by atoms with E-state index >= 15 is 0 Å². The van der Waals surface area contributed by atoms with Gasteiger partial charge < -0.3 is 9.80 Å². The van der Waals surface area contributed by atoms with Gasteiger partial charge in [0.2, 0.25) is 0 Å². The Morgan fingerprint density at radius 1 is 0.431 bits per heavy atom. The predicted molar refractivity (Wildman–Crippen MR) is 242 cm³/mol. The fraction of sp³-hybridized carbons (Fsp3) is 0.0185. The number of aromatic nitrogens is 2. The highest BCUT2D eigenvalue weighted by atomic mass is 15.4. The van der Waals surface area contributed by atoms with Gasteiger partial charge in [-0.15, -0.1) is 0 Å². The molecule has 274 valence electrons. The van der Waals surface area contributed by atoms with Gasteiger partial charge in [0, 0.05) is 33.8 Å². The molecule has 3 heterocycles. The van der Waals surface area contributed by atoms with Gasteiger partial charge in [0.1, 0.15) is 12.5 Å². The zero-order valence-corrected chi connectivity index (χ0v) is 31.4. The molecule has 0 fully saturated rings. The van der Waals surface area contributed by atoms with Gasteiger partial charge in [0.25, 0.3) is 0 Å². The monoisotopic (exact) mass is 747 g/mol. The number of para-hydroxylation sites is 4. The van der Waals surface area contributed by atoms with E-state index in [2.05, 4.69) is 117 Å². The molecular formula is C54H38N4. The Hall–Kier alpha value is -7.69. The number of benzene rings is 8. The number of pyridine rings is 1. The fourth-order valence-corrected chi connectivity index (χ4v) is 8.60. The van der Waals surface area contributed by atoms with Crippen LogP contribution in [0.15, 0.2) is 218 Å². The molecule has 2 aromatic heterocycles. The molecule has 0 saturated carbocycles. The highest BCUT2D eigenvalue weighted by molar-refractivity contribution is 6.10. The minimum atomic E-state index is -0.415. The van der Waals surface area contributed by atoms with Crippen LogP contribution >= 0.6 is 0 Å². The Bertz CT molecular complexity index is 3380. The molecule has 1 aliphatic heterocycles. The van der Waals surface area contributed by atoms with E-state index in [-0.39, 0.29) is 29.7 Å². The predicted octanol–water partition coefficient (Wildman–Crippen LogP) is 14.1. The summed E-state index contributed by atoms with van der Waals surface area (Å²) in [6.45, 7) is 0.411. The van der Waals surface area contributed by atoms with Crippen LogP contribution < -0.4 is 9.80 Å². The van der Waals surface area contributed by atoms with Gasteiger partial charge in [-0.1, -0.05) is 164 Å². The second-order valence-corrected chi connectivity index (χ2v) is 14.4. The Morgan fingerprint density at radius 2 is 1.05 bits per heavy atom. The summed E-state index contributed by atoms with van der Waals surface area (Å²) in [5.74, 6) is 0.869. The topological polar surface area (TPSA) is 24.3 Å². The second kappa shape index (κ2) is 14.1. The number of nitrogens with zero attached hydrogens (tertiary/aromatic N) is 4. The fourth-order valence-electron chi connectivity index (χ4n) is 8.60. The summed E-state index contributed by atoms with van der Waals surface area (Å²) in [6, 6.07) is 60.9. The van der Waals surface area contributed by atoms with Crippen LogP contribution in [0.25, 0.3) is 72.1 Å². The average Bonchev–Trinajstić information content (AvgIpc) is 3.89. The number of fused-ring (bicyclic) bond motifs is 4. The molecule has 8 aromatic carbocycles. The van der Waals surface area contributed by atoms with E-state index in [0.29, 0.717) is 12.2 Å². The SMILES string of the molecule is [2H]c1c([2H])c([2H])c(-c2cccc(-c3ccccc3)c2N2CN(c3cccc(-c4ccccc4-c4ccc5c6ccccc6n(-c6ccccn6)c5c4)c3)c3ccccc32)c([2H])c1[2H]. The molecule has 4 nitrogen and oxygen atoms in total. The minimum Gasteiger partial charge on any atom is -0.321 e. The average molecular weight is 748 g/mol. The van der Waals surface area contributed by atoms with Crippen LogP contribution in [0.4, 0.5) is 22.7 Å². The van der Waals surface area contributed by atoms with Crippen molar-refractivity contribution in [3.8, 4) is 50.3 Å². The molecule has 0 amide bonds. The molecule has 11 rings (SSSR count). The Kier molecular flexibility index (Phi) is 6.98. The molecule has 0 atom stereocenters. The highest BCUT2D eigenvalue weighted by Gasteiger charge is 2.31. The third-order valence-corrected chi connectivity index (χ3v) is 11.2. The highest BCUT2D eigenvalue weighted by Crippen LogP contribution is 2.50. The first kappa shape index (κ1) is 28.7. The number of rotatable bonds is 7. The third kappa shape index (κ3) is 5.65. The van der Waals surface area contributed by atoms with E-state index in [0.717, 1.165) is 73.0 Å². The molecule has 58 heavy (non-hydrogen) atoms. The smallest absolute Gasteiger partial charge is 0.137 e. The second-order valence-electron chi connectivity index (χ2n) is 14.4. The third-order valence-electron chi connectivity index (χ3n) is 11.2. The van der Waals surface area contributed by atoms with Gasteiger partial charge in [-0.2, -0.15) is 0 Å². The number of hydrogen-bond acceptors (Lipinski definition) is 3. The van der Waals surface area contributed by atoms with Crippen LogP contribution in [0.1, 0.15) is 6.85 Å². The molecular weight excluding hydrogens is 705 g/mol. The van der Waals surface area contributed by atoms with Crippen LogP contribution in [0.2, 0.25) is 0 Å². The first-order valence-corrected chi connectivity index (χ1v) is 19.4. The Labute approximate surface area is 345 Å². The van der Waals surface area contributed by atoms with Gasteiger partial charge in [0.05, 0.1) is 34.9 Å². The van der Waals surface area contributed by atoms with Gasteiger partial charge in [-0.3, -0.25) is 4.57 Å². The maximum Gasteiger partial charge on any atom is 0.137 e. The molecule has 1 aliphatic rings. The van der Waals surface area contributed by atoms with E-state index in [4.69, 9.17) is 11.8 Å². The summed E-state index contributed by atoms with van der Waals surface area (Å²) in [5.41, 5.74) is 12.8. The van der Waals surface area contributed by atoms with Crippen LogP contribution in [0.5, 0.6) is 0 Å². The van der Waals surface area contributed by atoms with Crippen LogP contribution in [0.3, 0.4) is 0 Å². The lowest BCUT2D eigenvalue weighted by Gasteiger charge is -2.27. The zero-order chi connectivity index (χ0) is 42.8. The summed E-state index contributed by atoms with van der Waals surface area (Å²) in [5, 5.41) is 2.35. The van der Waals surface area contributed by atoms with Gasteiger partial charge in [0.15, 0.2) is 0 Å². The summed E-state index contributed by atoms with van der Waals surface area (Å²) in [6.07, 6.45) is 1.83. The van der Waals surface area contributed by atoms with Crippen LogP contribution in [0, 0.1) is 0 Å². The van der Waals surface area contributed by atoms with Crippen molar-refractivity contribution in [1.29, 1.82) is 0 Å². The quantitative estimate of drug-likeness (QED) is 0.162. The Morgan fingerprint density at radius 3 is 1.84 bits per heavy atom. The summed E-state index contributed by atoms with van der Waals surface area (Å²) < 4.78 is 45.8. The van der Waals surface area contributed by atoms with Crippen molar-refractivity contribution in [2.75, 3.05) is 16.5 Å². The van der Waals surface area contributed by atoms with Crippen LogP contribution in [-0.2, 0) is 0 Å². The van der Waals surface area contributed by atoms with Crippen molar-refractivity contribution in [3.05, 3.63) is 218 Å². The molecule has 0 aliphatic carbocycles. The first-order chi connectivity index (χ1) is 30.9. The first-order valence-electron chi connectivity index (χ1n) is 21.9. The van der Waals surface area contributed by atoms with Crippen molar-refractivity contribution in [1.82, 2.24) is 9.55 Å². The van der Waals surface area contributed by atoms with E-state index in [1.165, 1.54) is 10.8 Å². The van der Waals surface area contributed by atoms with E-state index in [1.807, 2.05) is 85.1 Å². The van der Waals surface area contributed by atoms with E-state index in [9.17, 15) is 0 Å². The lowest BCUT2D eigenvalue weighted by atomic mass is 9.93. The maximum absolute atomic E-state index is 9.03. The van der Waals surface area contributed by atoms with Crippen molar-refractivity contribution in [2.24, 2.45) is 0 Å². The van der Waals surface area contributed by atoms with Crippen molar-refractivity contribution in [3.63, 3.8) is 0 Å². The molecule has 0 unspecified atom stereocenters. The van der Waals surface area contributed by atoms with Gasteiger partial charge >= 0.3 is 0 Å². The number of hydrogen-bond donors (Lipinski definition) is 0. The normalized spacial score (nSPS) is 13.6. The molecule has 0 bridgehead atoms. The lowest BCUT2D eigenvalue weighted by Crippen LogP contribution is -2.25. The number of anilines is 4. The Balaban J connectivity index is 1.04. The van der Waals surface area contributed by atoms with Gasteiger partial charge in [-0.25, -0.2) is 4.98 Å². The summed E-state index contributed by atoms with van der Waals surface area (Å²) in [7, 11) is 0. The molecule has 0 N–H and O–H groups in total. The zero-order valence-electron chi connectivity index (χ0n) is 36.4. The van der Waals surface area contributed by atoms with Crippen molar-refractivity contribution >= 4 is 44.6 Å². The van der Waals surface area contributed by atoms with Crippen LogP contribution in [-0.4, -0.2) is 16.2 Å². The molecule has 0 radical (unpaired) electrons. The largest absolute Gasteiger partial charge is 0.321 e. The lowest BCUT2D eigenvalue weighted by molar-refractivity contribution is 0.993. The summed E-state index contributed by atoms with van der Waals surface area (Å²) >= 11 is 0. The standard InChI is InChI=1S/C54H38N4/c1-3-17-38(18-4-1)45-26-16-27-46(39-19-5-2-6-20-39)54(45)57-37-56(50-29-11-12-30-51(50)57)42-22-15-21-40(35-42)43-23-7-8-24-44(43)41-32-33-48-47-25-9-10-28-49(47)58(52(48)36-41)53-31-13-14-34-55-53/h1-36H,37H2/i1D,3D,4D,17D,18D. The minimum absolute atomic E-state index is 0.168. The van der Waals surface area contributed by atoms with E-state index in [1.54, 1.807) is 0 Å². The van der Waals surface area contributed by atoms with Crippen molar-refractivity contribution < 1.29 is 6.85 Å². The molecule has 4 heteroatoms. The molecule has 10 aromatic rings. The molecule has 0 saturated heterocycles. The molecule has 0 spiro atoms. The maximum atomic E-state index is 9.03.